The molecule has 2 aliphatic heterocycles. The van der Waals surface area contributed by atoms with Gasteiger partial charge in [-0.3, -0.25) is 4.79 Å². The van der Waals surface area contributed by atoms with Gasteiger partial charge in [-0.05, 0) is 30.5 Å². The maximum absolute atomic E-state index is 12.2. The van der Waals surface area contributed by atoms with E-state index in [9.17, 15) is 10.1 Å². The van der Waals surface area contributed by atoms with Gasteiger partial charge in [0.1, 0.15) is 11.8 Å². The van der Waals surface area contributed by atoms with Crippen LogP contribution < -0.4 is 15.2 Å². The van der Waals surface area contributed by atoms with Gasteiger partial charge in [-0.15, -0.1) is 0 Å². The van der Waals surface area contributed by atoms with Gasteiger partial charge in [0.05, 0.1) is 5.02 Å². The zero-order valence-electron chi connectivity index (χ0n) is 16.1. The molecule has 2 aromatic heterocycles. The molecule has 1 saturated heterocycles. The predicted octanol–water partition coefficient (Wildman–Crippen LogP) is 3.56. The maximum atomic E-state index is 12.2. The molecule has 5 rings (SSSR count). The van der Waals surface area contributed by atoms with E-state index in [4.69, 9.17) is 20.8 Å². The number of hydrogen-bond acceptors (Lipinski definition) is 6. The third kappa shape index (κ3) is 3.33. The van der Waals surface area contributed by atoms with Gasteiger partial charge in [-0.1, -0.05) is 29.8 Å². The van der Waals surface area contributed by atoms with Gasteiger partial charge in [-0.25, -0.2) is 0 Å². The van der Waals surface area contributed by atoms with Gasteiger partial charge in [-0.2, -0.15) is 10.2 Å². The molecule has 8 heteroatoms. The van der Waals surface area contributed by atoms with Gasteiger partial charge in [0.2, 0.25) is 17.5 Å². The highest BCUT2D eigenvalue weighted by atomic mass is 35.5. The Morgan fingerprint density at radius 3 is 2.90 bits per heavy atom. The molecule has 0 saturated carbocycles. The Morgan fingerprint density at radius 1 is 1.20 bits per heavy atom. The Balaban J connectivity index is 1.38. The van der Waals surface area contributed by atoms with Crippen molar-refractivity contribution in [3.8, 4) is 11.8 Å². The largest absolute Gasteiger partial charge is 0.482 e. The van der Waals surface area contributed by atoms with Crippen LogP contribution in [0.5, 0.6) is 5.75 Å². The van der Waals surface area contributed by atoms with Crippen molar-refractivity contribution in [2.75, 3.05) is 18.0 Å². The Morgan fingerprint density at radius 2 is 2.07 bits per heavy atom. The Labute approximate surface area is 178 Å². The molecule has 0 aliphatic carbocycles. The second kappa shape index (κ2) is 7.54. The number of rotatable bonds is 4. The summed E-state index contributed by atoms with van der Waals surface area (Å²) in [5.74, 6) is 1.86. The molecule has 4 heterocycles. The van der Waals surface area contributed by atoms with Gasteiger partial charge >= 0.3 is 0 Å². The summed E-state index contributed by atoms with van der Waals surface area (Å²) in [6.07, 6.45) is 1.03. The summed E-state index contributed by atoms with van der Waals surface area (Å²) in [5.41, 5.74) is 1.34. The number of nitrogens with zero attached hydrogens (tertiary/aromatic N) is 4. The minimum atomic E-state index is 0.0482. The summed E-state index contributed by atoms with van der Waals surface area (Å²) >= 11 is 6.12. The van der Waals surface area contributed by atoms with E-state index in [0.29, 0.717) is 48.1 Å². The summed E-state index contributed by atoms with van der Waals surface area (Å²) in [5, 5.41) is 10.1. The number of anilines is 1. The highest BCUT2D eigenvalue weighted by Crippen LogP contribution is 2.38. The van der Waals surface area contributed by atoms with Gasteiger partial charge in [0.25, 0.3) is 5.56 Å². The smallest absolute Gasteiger partial charge is 0.250 e. The zero-order chi connectivity index (χ0) is 20.7. The molecule has 7 nitrogen and oxygen atoms in total. The lowest BCUT2D eigenvalue weighted by Crippen LogP contribution is -2.47. The summed E-state index contributed by atoms with van der Waals surface area (Å²) < 4.78 is 13.5. The van der Waals surface area contributed by atoms with Crippen molar-refractivity contribution >= 4 is 17.5 Å². The molecule has 3 aromatic rings. The fourth-order valence-electron chi connectivity index (χ4n) is 4.47. The van der Waals surface area contributed by atoms with Crippen molar-refractivity contribution in [3.05, 3.63) is 75.1 Å². The second-order valence-corrected chi connectivity index (χ2v) is 8.10. The summed E-state index contributed by atoms with van der Waals surface area (Å²) in [7, 11) is 0. The third-order valence-corrected chi connectivity index (χ3v) is 6.03. The Kier molecular flexibility index (Phi) is 4.72. The second-order valence-electron chi connectivity index (χ2n) is 7.70. The van der Waals surface area contributed by atoms with E-state index in [2.05, 4.69) is 16.0 Å². The number of halogens is 1. The lowest BCUT2D eigenvalue weighted by molar-refractivity contribution is 0.254. The highest BCUT2D eigenvalue weighted by molar-refractivity contribution is 6.32. The number of ether oxygens (including phenoxy) is 1. The summed E-state index contributed by atoms with van der Waals surface area (Å²) in [6.45, 7) is 2.15. The van der Waals surface area contributed by atoms with Crippen molar-refractivity contribution in [1.29, 1.82) is 5.26 Å². The number of oxazole rings is 1. The van der Waals surface area contributed by atoms with Crippen molar-refractivity contribution in [2.24, 2.45) is 5.92 Å². The molecule has 1 fully saturated rings. The van der Waals surface area contributed by atoms with E-state index in [1.165, 1.54) is 0 Å². The lowest BCUT2D eigenvalue weighted by Gasteiger charge is -2.42. The number of piperidine rings is 1. The Bertz CT molecular complexity index is 1200. The topological polar surface area (TPSA) is 84.3 Å². The average molecular weight is 423 g/mol. The first-order chi connectivity index (χ1) is 14.6. The summed E-state index contributed by atoms with van der Waals surface area (Å²) in [4.78, 5) is 18.6. The number of para-hydroxylation sites is 1. The number of aromatic nitrogens is 2. The predicted molar refractivity (Wildman–Crippen MR) is 111 cm³/mol. The molecule has 2 aliphatic rings. The van der Waals surface area contributed by atoms with Crippen molar-refractivity contribution < 1.29 is 9.15 Å². The van der Waals surface area contributed by atoms with Gasteiger partial charge in [0, 0.05) is 37.3 Å². The molecule has 152 valence electrons. The standard InChI is InChI=1S/C22H19ClN4O3/c23-16-4-1-2-6-19(16)29-13-20-25-17(9-24)22(30-20)26-10-14-8-15(12-26)18-5-3-7-21(28)27(18)11-14/h1-7,14-15H,8,10-13H2/t14-,15+/m1/s1. The molecule has 2 atom stereocenters. The van der Waals surface area contributed by atoms with E-state index in [1.807, 2.05) is 28.8 Å². The van der Waals surface area contributed by atoms with Crippen LogP contribution in [-0.4, -0.2) is 22.6 Å². The van der Waals surface area contributed by atoms with Crippen LogP contribution in [0.15, 0.2) is 51.7 Å². The van der Waals surface area contributed by atoms with Crippen LogP contribution in [0, 0.1) is 17.2 Å². The zero-order valence-corrected chi connectivity index (χ0v) is 16.9. The average Bonchev–Trinajstić information content (AvgIpc) is 3.17. The maximum Gasteiger partial charge on any atom is 0.250 e. The molecule has 2 bridgehead atoms. The van der Waals surface area contributed by atoms with Crippen molar-refractivity contribution in [1.82, 2.24) is 9.55 Å². The van der Waals surface area contributed by atoms with Crippen molar-refractivity contribution in [2.45, 2.75) is 25.5 Å². The third-order valence-electron chi connectivity index (χ3n) is 5.71. The van der Waals surface area contributed by atoms with Gasteiger partial charge < -0.3 is 18.6 Å². The van der Waals surface area contributed by atoms with Crippen LogP contribution in [-0.2, 0) is 13.2 Å². The van der Waals surface area contributed by atoms with E-state index in [1.54, 1.807) is 18.2 Å². The van der Waals surface area contributed by atoms with Crippen LogP contribution in [0.1, 0.15) is 29.6 Å². The van der Waals surface area contributed by atoms with Crippen molar-refractivity contribution in [3.63, 3.8) is 0 Å². The minimum absolute atomic E-state index is 0.0482. The molecule has 0 radical (unpaired) electrons. The van der Waals surface area contributed by atoms with E-state index in [-0.39, 0.29) is 23.8 Å². The molecule has 0 unspecified atom stereocenters. The normalized spacial score (nSPS) is 19.8. The number of nitriles is 1. The van der Waals surface area contributed by atoms with Crippen LogP contribution in [0.4, 0.5) is 5.88 Å². The molecular formula is C22H19ClN4O3. The van der Waals surface area contributed by atoms with Gasteiger partial charge in [0.15, 0.2) is 6.61 Å². The van der Waals surface area contributed by atoms with Crippen LogP contribution in [0.2, 0.25) is 5.02 Å². The van der Waals surface area contributed by atoms with E-state index in [0.717, 1.165) is 12.1 Å². The van der Waals surface area contributed by atoms with Crippen LogP contribution in [0.25, 0.3) is 0 Å². The summed E-state index contributed by atoms with van der Waals surface area (Å²) in [6, 6.07) is 14.7. The van der Waals surface area contributed by atoms with E-state index >= 15 is 0 Å². The monoisotopic (exact) mass is 422 g/mol. The quantitative estimate of drug-likeness (QED) is 0.639. The molecular weight excluding hydrogens is 404 g/mol. The van der Waals surface area contributed by atoms with Crippen LogP contribution in [0.3, 0.4) is 0 Å². The minimum Gasteiger partial charge on any atom is -0.482 e. The molecule has 0 amide bonds. The molecule has 30 heavy (non-hydrogen) atoms. The molecule has 0 spiro atoms. The number of fused-ring (bicyclic) bond motifs is 4. The molecule has 1 aromatic carbocycles. The fourth-order valence-corrected chi connectivity index (χ4v) is 4.66. The molecule has 0 N–H and O–H groups in total. The number of hydrogen-bond donors (Lipinski definition) is 0. The first-order valence-corrected chi connectivity index (χ1v) is 10.2. The SMILES string of the molecule is N#Cc1nc(COc2ccccc2Cl)oc1N1C[C@H]2C[C@@H](C1)c1cccc(=O)n1C2. The van der Waals surface area contributed by atoms with E-state index < -0.39 is 0 Å². The number of benzene rings is 1. The first kappa shape index (κ1) is 18.8. The highest BCUT2D eigenvalue weighted by Gasteiger charge is 2.36. The first-order valence-electron chi connectivity index (χ1n) is 9.84. The lowest BCUT2D eigenvalue weighted by atomic mass is 9.83. The van der Waals surface area contributed by atoms with Crippen LogP contribution >= 0.6 is 11.6 Å². The Hall–Kier alpha value is -3.24. The fraction of sp³-hybridized carbons (Fsp3) is 0.318. The number of pyridine rings is 1.